The maximum absolute atomic E-state index is 4.76. The summed E-state index contributed by atoms with van der Waals surface area (Å²) in [5, 5.41) is 0. The van der Waals surface area contributed by atoms with E-state index < -0.39 is 0 Å². The van der Waals surface area contributed by atoms with E-state index >= 15 is 0 Å². The average molecular weight is 317 g/mol. The van der Waals surface area contributed by atoms with Crippen LogP contribution in [0.1, 0.15) is 22.6 Å². The van der Waals surface area contributed by atoms with E-state index in [9.17, 15) is 0 Å². The molecule has 0 spiro atoms. The van der Waals surface area contributed by atoms with Crippen molar-refractivity contribution >= 4 is 0 Å². The van der Waals surface area contributed by atoms with Crippen molar-refractivity contribution in [1.82, 2.24) is 24.8 Å². The van der Waals surface area contributed by atoms with Gasteiger partial charge < -0.3 is 0 Å². The molecule has 0 saturated heterocycles. The second-order valence-corrected chi connectivity index (χ2v) is 6.13. The van der Waals surface area contributed by atoms with Gasteiger partial charge in [0.2, 0.25) is 0 Å². The Hall–Kier alpha value is -2.66. The van der Waals surface area contributed by atoms with E-state index in [0.717, 1.165) is 54.5 Å². The van der Waals surface area contributed by atoms with E-state index in [1.54, 1.807) is 12.4 Å². The Balaban J connectivity index is 1.52. The van der Waals surface area contributed by atoms with E-state index in [4.69, 9.17) is 4.98 Å². The van der Waals surface area contributed by atoms with Gasteiger partial charge in [0.15, 0.2) is 5.82 Å². The van der Waals surface area contributed by atoms with Crippen LogP contribution in [0.25, 0.3) is 11.4 Å². The molecule has 4 rings (SSSR count). The Kier molecular flexibility index (Phi) is 4.01. The molecule has 0 atom stereocenters. The van der Waals surface area contributed by atoms with Crippen LogP contribution in [0.2, 0.25) is 0 Å². The Morgan fingerprint density at radius 1 is 1.08 bits per heavy atom. The van der Waals surface area contributed by atoms with Gasteiger partial charge in [0, 0.05) is 61.5 Å². The highest BCUT2D eigenvalue weighted by molar-refractivity contribution is 5.54. The lowest BCUT2D eigenvalue weighted by Gasteiger charge is -2.27. The molecule has 1 aliphatic heterocycles. The number of hydrogen-bond donors (Lipinski definition) is 0. The molecule has 3 aromatic heterocycles. The van der Waals surface area contributed by atoms with E-state index in [1.165, 1.54) is 5.56 Å². The minimum absolute atomic E-state index is 0.782. The van der Waals surface area contributed by atoms with Crippen LogP contribution in [0.4, 0.5) is 0 Å². The fourth-order valence-electron chi connectivity index (χ4n) is 3.07. The number of pyridine rings is 2. The van der Waals surface area contributed by atoms with Crippen LogP contribution in [0.3, 0.4) is 0 Å². The van der Waals surface area contributed by atoms with E-state index in [2.05, 4.69) is 32.0 Å². The Labute approximate surface area is 141 Å². The highest BCUT2D eigenvalue weighted by Gasteiger charge is 2.19. The molecule has 5 heteroatoms. The van der Waals surface area contributed by atoms with Crippen LogP contribution in [-0.4, -0.2) is 31.4 Å². The van der Waals surface area contributed by atoms with Crippen LogP contribution in [0.5, 0.6) is 0 Å². The van der Waals surface area contributed by atoms with Crippen molar-refractivity contribution in [3.8, 4) is 11.4 Å². The third-order valence-electron chi connectivity index (χ3n) is 4.28. The second-order valence-electron chi connectivity index (χ2n) is 6.13. The normalized spacial score (nSPS) is 14.4. The van der Waals surface area contributed by atoms with Crippen molar-refractivity contribution in [2.75, 3.05) is 6.54 Å². The van der Waals surface area contributed by atoms with Crippen molar-refractivity contribution in [3.05, 3.63) is 71.6 Å². The maximum atomic E-state index is 4.76. The topological polar surface area (TPSA) is 54.8 Å². The molecule has 5 nitrogen and oxygen atoms in total. The summed E-state index contributed by atoms with van der Waals surface area (Å²) in [6.07, 6.45) is 6.46. The number of aryl methyl sites for hydroxylation is 1. The lowest BCUT2D eigenvalue weighted by molar-refractivity contribution is 0.240. The summed E-state index contributed by atoms with van der Waals surface area (Å²) in [6.45, 7) is 4.77. The van der Waals surface area contributed by atoms with Crippen molar-refractivity contribution in [2.24, 2.45) is 0 Å². The molecule has 120 valence electrons. The lowest BCUT2D eigenvalue weighted by Crippen LogP contribution is -2.31. The highest BCUT2D eigenvalue weighted by atomic mass is 15.1. The Bertz CT molecular complexity index is 847. The minimum Gasteiger partial charge on any atom is -0.293 e. The molecule has 0 unspecified atom stereocenters. The number of rotatable bonds is 3. The minimum atomic E-state index is 0.782. The molecule has 24 heavy (non-hydrogen) atoms. The second kappa shape index (κ2) is 6.45. The molecule has 0 N–H and O–H groups in total. The molecule has 0 fully saturated rings. The Morgan fingerprint density at radius 2 is 1.96 bits per heavy atom. The number of fused-ring (bicyclic) bond motifs is 1. The van der Waals surface area contributed by atoms with Gasteiger partial charge in [-0.25, -0.2) is 9.97 Å². The number of hydrogen-bond acceptors (Lipinski definition) is 5. The zero-order valence-electron chi connectivity index (χ0n) is 13.7. The zero-order valence-corrected chi connectivity index (χ0v) is 13.7. The summed E-state index contributed by atoms with van der Waals surface area (Å²) in [4.78, 5) is 20.3. The molecule has 0 bridgehead atoms. The van der Waals surface area contributed by atoms with Gasteiger partial charge in [-0.15, -0.1) is 0 Å². The standard InChI is InChI=1S/C19H19N5/c1-14-3-2-4-17(22-14)13-24-10-7-18-16(12-24)11-21-19(23-18)15-5-8-20-9-6-15/h2-6,8-9,11H,7,10,12-13H2,1H3. The number of nitrogens with zero attached hydrogens (tertiary/aromatic N) is 5. The largest absolute Gasteiger partial charge is 0.293 e. The molecule has 0 aliphatic carbocycles. The average Bonchev–Trinajstić information content (AvgIpc) is 2.62. The summed E-state index contributed by atoms with van der Waals surface area (Å²) in [5.74, 6) is 0.782. The smallest absolute Gasteiger partial charge is 0.159 e. The monoisotopic (exact) mass is 317 g/mol. The summed E-state index contributed by atoms with van der Waals surface area (Å²) in [7, 11) is 0. The summed E-state index contributed by atoms with van der Waals surface area (Å²) < 4.78 is 0. The van der Waals surface area contributed by atoms with Gasteiger partial charge in [0.1, 0.15) is 0 Å². The van der Waals surface area contributed by atoms with E-state index in [-0.39, 0.29) is 0 Å². The highest BCUT2D eigenvalue weighted by Crippen LogP contribution is 2.21. The third kappa shape index (κ3) is 3.16. The van der Waals surface area contributed by atoms with Gasteiger partial charge in [-0.1, -0.05) is 6.07 Å². The molecule has 4 heterocycles. The molecule has 1 aliphatic rings. The fourth-order valence-corrected chi connectivity index (χ4v) is 3.07. The molecule has 0 aromatic carbocycles. The predicted octanol–water partition coefficient (Wildman–Crippen LogP) is 2.80. The van der Waals surface area contributed by atoms with Crippen LogP contribution < -0.4 is 0 Å². The van der Waals surface area contributed by atoms with Crippen LogP contribution >= 0.6 is 0 Å². The van der Waals surface area contributed by atoms with Crippen LogP contribution in [-0.2, 0) is 19.5 Å². The van der Waals surface area contributed by atoms with Crippen LogP contribution in [0, 0.1) is 6.92 Å². The molecular weight excluding hydrogens is 298 g/mol. The maximum Gasteiger partial charge on any atom is 0.159 e. The first-order valence-corrected chi connectivity index (χ1v) is 8.18. The predicted molar refractivity (Wildman–Crippen MR) is 92.1 cm³/mol. The molecular formula is C19H19N5. The van der Waals surface area contributed by atoms with Gasteiger partial charge in [0.25, 0.3) is 0 Å². The molecule has 0 saturated carbocycles. The summed E-state index contributed by atoms with van der Waals surface area (Å²) >= 11 is 0. The fraction of sp³-hybridized carbons (Fsp3) is 0.263. The quantitative estimate of drug-likeness (QED) is 0.743. The molecule has 0 amide bonds. The first-order valence-electron chi connectivity index (χ1n) is 8.18. The van der Waals surface area contributed by atoms with Crippen molar-refractivity contribution in [1.29, 1.82) is 0 Å². The lowest BCUT2D eigenvalue weighted by atomic mass is 10.1. The number of aromatic nitrogens is 4. The van der Waals surface area contributed by atoms with E-state index in [1.807, 2.05) is 31.3 Å². The SMILES string of the molecule is Cc1cccc(CN2CCc3nc(-c4ccncc4)ncc3C2)n1. The summed E-state index contributed by atoms with van der Waals surface area (Å²) in [6, 6.07) is 10.1. The van der Waals surface area contributed by atoms with Gasteiger partial charge in [-0.3, -0.25) is 14.9 Å². The Morgan fingerprint density at radius 3 is 2.79 bits per heavy atom. The molecule has 3 aromatic rings. The first-order chi connectivity index (χ1) is 11.8. The third-order valence-corrected chi connectivity index (χ3v) is 4.28. The molecule has 0 radical (unpaired) electrons. The zero-order chi connectivity index (χ0) is 16.4. The summed E-state index contributed by atoms with van der Waals surface area (Å²) in [5.41, 5.74) is 5.57. The van der Waals surface area contributed by atoms with Crippen molar-refractivity contribution in [2.45, 2.75) is 26.4 Å². The van der Waals surface area contributed by atoms with Crippen molar-refractivity contribution in [3.63, 3.8) is 0 Å². The van der Waals surface area contributed by atoms with Gasteiger partial charge in [-0.05, 0) is 31.2 Å². The van der Waals surface area contributed by atoms with Crippen molar-refractivity contribution < 1.29 is 0 Å². The van der Waals surface area contributed by atoms with Crippen LogP contribution in [0.15, 0.2) is 48.9 Å². The van der Waals surface area contributed by atoms with E-state index in [0.29, 0.717) is 0 Å². The van der Waals surface area contributed by atoms with Gasteiger partial charge in [-0.2, -0.15) is 0 Å². The van der Waals surface area contributed by atoms with Gasteiger partial charge in [0.05, 0.1) is 11.4 Å². The first kappa shape index (κ1) is 14.9. The van der Waals surface area contributed by atoms with Gasteiger partial charge >= 0.3 is 0 Å².